The minimum Gasteiger partial charge on any atom is -0.444 e. The molecule has 104 valence electrons. The van der Waals surface area contributed by atoms with E-state index in [2.05, 4.69) is 5.32 Å². The Bertz CT molecular complexity index is 656. The van der Waals surface area contributed by atoms with Crippen molar-refractivity contribution in [1.82, 2.24) is 0 Å². The van der Waals surface area contributed by atoms with Crippen LogP contribution in [0.3, 0.4) is 0 Å². The summed E-state index contributed by atoms with van der Waals surface area (Å²) in [5.74, 6) is 0. The number of carbonyl (C=O) groups is 2. The first kappa shape index (κ1) is 14.1. The summed E-state index contributed by atoms with van der Waals surface area (Å²) in [5.41, 5.74) is 0.317. The third-order valence-electron chi connectivity index (χ3n) is 2.71. The van der Waals surface area contributed by atoms with Gasteiger partial charge in [-0.15, -0.1) is 0 Å². The number of ether oxygens (including phenoxy) is 1. The molecule has 0 saturated heterocycles. The van der Waals surface area contributed by atoms with Crippen LogP contribution in [-0.2, 0) is 4.74 Å². The standard InChI is InChI=1S/C16H17NO3/c1-16(2,3)20-15(19)17-14-12(10-18)9-8-11-6-4-5-7-13(11)14/h4-10H,1-3H3,(H,17,19). The van der Waals surface area contributed by atoms with Gasteiger partial charge in [0.25, 0.3) is 0 Å². The molecular weight excluding hydrogens is 254 g/mol. The van der Waals surface area contributed by atoms with Crippen LogP contribution in [0.25, 0.3) is 10.8 Å². The lowest BCUT2D eigenvalue weighted by Crippen LogP contribution is -2.27. The normalized spacial score (nSPS) is 11.2. The second-order valence-electron chi connectivity index (χ2n) is 5.50. The summed E-state index contributed by atoms with van der Waals surface area (Å²) in [6.45, 7) is 5.36. The van der Waals surface area contributed by atoms with Crippen molar-refractivity contribution in [2.45, 2.75) is 26.4 Å². The van der Waals surface area contributed by atoms with Crippen LogP contribution in [0.1, 0.15) is 31.1 Å². The van der Waals surface area contributed by atoms with Crippen molar-refractivity contribution < 1.29 is 14.3 Å². The highest BCUT2D eigenvalue weighted by Gasteiger charge is 2.18. The molecule has 0 aliphatic carbocycles. The molecule has 2 aromatic carbocycles. The summed E-state index contributed by atoms with van der Waals surface area (Å²) in [7, 11) is 0. The largest absolute Gasteiger partial charge is 0.444 e. The Morgan fingerprint density at radius 3 is 2.50 bits per heavy atom. The van der Waals surface area contributed by atoms with Crippen molar-refractivity contribution >= 4 is 28.8 Å². The van der Waals surface area contributed by atoms with Gasteiger partial charge < -0.3 is 4.74 Å². The van der Waals surface area contributed by atoms with E-state index in [0.717, 1.165) is 17.1 Å². The smallest absolute Gasteiger partial charge is 0.412 e. The number of amides is 1. The Labute approximate surface area is 117 Å². The van der Waals surface area contributed by atoms with Crippen LogP contribution in [0, 0.1) is 0 Å². The number of hydrogen-bond donors (Lipinski definition) is 1. The third kappa shape index (κ3) is 3.15. The minimum absolute atomic E-state index is 0.426. The molecule has 0 unspecified atom stereocenters. The molecule has 2 aromatic rings. The molecule has 20 heavy (non-hydrogen) atoms. The zero-order valence-electron chi connectivity index (χ0n) is 11.8. The Balaban J connectivity index is 2.41. The lowest BCUT2D eigenvalue weighted by atomic mass is 10.0. The van der Waals surface area contributed by atoms with Crippen LogP contribution in [0.15, 0.2) is 36.4 Å². The first-order valence-electron chi connectivity index (χ1n) is 6.37. The number of benzene rings is 2. The van der Waals surface area contributed by atoms with Crippen molar-refractivity contribution in [2.75, 3.05) is 5.32 Å². The Kier molecular flexibility index (Phi) is 3.74. The van der Waals surface area contributed by atoms with E-state index in [1.807, 2.05) is 30.3 Å². The van der Waals surface area contributed by atoms with Gasteiger partial charge in [-0.05, 0) is 32.2 Å². The highest BCUT2D eigenvalue weighted by Crippen LogP contribution is 2.27. The van der Waals surface area contributed by atoms with Crippen LogP contribution in [0.2, 0.25) is 0 Å². The van der Waals surface area contributed by atoms with Gasteiger partial charge in [0, 0.05) is 10.9 Å². The average molecular weight is 271 g/mol. The maximum atomic E-state index is 11.9. The average Bonchev–Trinajstić information content (AvgIpc) is 2.37. The van der Waals surface area contributed by atoms with Gasteiger partial charge in [0.1, 0.15) is 5.60 Å². The van der Waals surface area contributed by atoms with E-state index in [1.165, 1.54) is 0 Å². The van der Waals surface area contributed by atoms with Crippen molar-refractivity contribution in [3.8, 4) is 0 Å². The molecular formula is C16H17NO3. The van der Waals surface area contributed by atoms with Crippen LogP contribution >= 0.6 is 0 Å². The van der Waals surface area contributed by atoms with Crippen molar-refractivity contribution in [3.05, 3.63) is 42.0 Å². The van der Waals surface area contributed by atoms with Gasteiger partial charge in [-0.1, -0.05) is 30.3 Å². The van der Waals surface area contributed by atoms with E-state index in [-0.39, 0.29) is 0 Å². The van der Waals surface area contributed by atoms with Crippen molar-refractivity contribution in [2.24, 2.45) is 0 Å². The van der Waals surface area contributed by atoms with Crippen molar-refractivity contribution in [1.29, 1.82) is 0 Å². The summed E-state index contributed by atoms with van der Waals surface area (Å²) in [6.07, 6.45) is 0.149. The molecule has 0 aliphatic heterocycles. The highest BCUT2D eigenvalue weighted by atomic mass is 16.6. The molecule has 4 heteroatoms. The Morgan fingerprint density at radius 2 is 1.85 bits per heavy atom. The Hall–Kier alpha value is -2.36. The second kappa shape index (κ2) is 5.33. The molecule has 1 amide bonds. The van der Waals surface area contributed by atoms with E-state index in [1.54, 1.807) is 26.8 Å². The van der Waals surface area contributed by atoms with E-state index in [0.29, 0.717) is 11.3 Å². The molecule has 0 aliphatic rings. The summed E-state index contributed by atoms with van der Waals surface area (Å²) in [5, 5.41) is 4.43. The number of rotatable bonds is 2. The number of fused-ring (bicyclic) bond motifs is 1. The number of aldehydes is 1. The predicted molar refractivity (Wildman–Crippen MR) is 79.2 cm³/mol. The van der Waals surface area contributed by atoms with Crippen LogP contribution in [0.4, 0.5) is 10.5 Å². The molecule has 0 spiro atoms. The molecule has 4 nitrogen and oxygen atoms in total. The van der Waals surface area contributed by atoms with Gasteiger partial charge >= 0.3 is 6.09 Å². The minimum atomic E-state index is -0.587. The summed E-state index contributed by atoms with van der Waals surface area (Å²) < 4.78 is 5.22. The third-order valence-corrected chi connectivity index (χ3v) is 2.71. The SMILES string of the molecule is CC(C)(C)OC(=O)Nc1c(C=O)ccc2ccccc12. The molecule has 0 saturated carbocycles. The maximum absolute atomic E-state index is 11.9. The van der Waals surface area contributed by atoms with Gasteiger partial charge in [-0.2, -0.15) is 0 Å². The second-order valence-corrected chi connectivity index (χ2v) is 5.50. The zero-order chi connectivity index (χ0) is 14.8. The number of hydrogen-bond acceptors (Lipinski definition) is 3. The fraction of sp³-hybridized carbons (Fsp3) is 0.250. The molecule has 1 N–H and O–H groups in total. The van der Waals surface area contributed by atoms with Gasteiger partial charge in [0.2, 0.25) is 0 Å². The fourth-order valence-corrected chi connectivity index (χ4v) is 1.93. The van der Waals surface area contributed by atoms with Crippen LogP contribution < -0.4 is 5.32 Å². The van der Waals surface area contributed by atoms with E-state index in [9.17, 15) is 9.59 Å². The maximum Gasteiger partial charge on any atom is 0.412 e. The number of nitrogens with one attached hydrogen (secondary N) is 1. The fourth-order valence-electron chi connectivity index (χ4n) is 1.93. The first-order chi connectivity index (χ1) is 9.40. The summed E-state index contributed by atoms with van der Waals surface area (Å²) >= 11 is 0. The van der Waals surface area contributed by atoms with Gasteiger partial charge in [0.15, 0.2) is 6.29 Å². The zero-order valence-corrected chi connectivity index (χ0v) is 11.8. The van der Waals surface area contributed by atoms with E-state index < -0.39 is 11.7 Å². The van der Waals surface area contributed by atoms with Crippen molar-refractivity contribution in [3.63, 3.8) is 0 Å². The summed E-state index contributed by atoms with van der Waals surface area (Å²) in [4.78, 5) is 23.0. The molecule has 0 fully saturated rings. The van der Waals surface area contributed by atoms with E-state index in [4.69, 9.17) is 4.74 Å². The highest BCUT2D eigenvalue weighted by molar-refractivity contribution is 6.06. The summed E-state index contributed by atoms with van der Waals surface area (Å²) in [6, 6.07) is 11.1. The molecule has 0 radical (unpaired) electrons. The first-order valence-corrected chi connectivity index (χ1v) is 6.37. The van der Waals surface area contributed by atoms with Gasteiger partial charge in [-0.3, -0.25) is 10.1 Å². The van der Waals surface area contributed by atoms with Gasteiger partial charge in [0.05, 0.1) is 5.69 Å². The number of anilines is 1. The lowest BCUT2D eigenvalue weighted by molar-refractivity contribution is 0.0636. The number of carbonyl (C=O) groups excluding carboxylic acids is 2. The Morgan fingerprint density at radius 1 is 1.15 bits per heavy atom. The molecule has 0 heterocycles. The van der Waals surface area contributed by atoms with Gasteiger partial charge in [-0.25, -0.2) is 4.79 Å². The monoisotopic (exact) mass is 271 g/mol. The molecule has 0 bridgehead atoms. The predicted octanol–water partition coefficient (Wildman–Crippen LogP) is 4.00. The van der Waals surface area contributed by atoms with E-state index >= 15 is 0 Å². The molecule has 0 aromatic heterocycles. The van der Waals surface area contributed by atoms with Crippen LogP contribution in [-0.4, -0.2) is 18.0 Å². The lowest BCUT2D eigenvalue weighted by Gasteiger charge is -2.20. The quantitative estimate of drug-likeness (QED) is 0.840. The molecule has 0 atom stereocenters. The van der Waals surface area contributed by atoms with Crippen LogP contribution in [0.5, 0.6) is 0 Å². The molecule has 2 rings (SSSR count). The topological polar surface area (TPSA) is 55.4 Å².